The van der Waals surface area contributed by atoms with Gasteiger partial charge in [0.15, 0.2) is 9.77 Å². The van der Waals surface area contributed by atoms with E-state index in [0.29, 0.717) is 18.9 Å². The number of aryl methyl sites for hydroxylation is 1. The third kappa shape index (κ3) is 2.20. The molecule has 0 aliphatic heterocycles. The van der Waals surface area contributed by atoms with Crippen molar-refractivity contribution < 1.29 is 13.2 Å². The molecule has 5 nitrogen and oxygen atoms in total. The van der Waals surface area contributed by atoms with Crippen LogP contribution in [0.25, 0.3) is 15.9 Å². The predicted octanol–water partition coefficient (Wildman–Crippen LogP) is 3.15. The van der Waals surface area contributed by atoms with Gasteiger partial charge in [-0.05, 0) is 31.3 Å². The van der Waals surface area contributed by atoms with Gasteiger partial charge in [-0.1, -0.05) is 0 Å². The molecule has 0 atom stereocenters. The number of aromatic amines is 1. The van der Waals surface area contributed by atoms with E-state index < -0.39 is 18.1 Å². The van der Waals surface area contributed by atoms with E-state index in [2.05, 4.69) is 10.1 Å². The second kappa shape index (κ2) is 4.81. The van der Waals surface area contributed by atoms with Crippen LogP contribution in [0.5, 0.6) is 0 Å². The Morgan fingerprint density at radius 2 is 2.14 bits per heavy atom. The highest BCUT2D eigenvalue weighted by Gasteiger charge is 2.20. The molecule has 0 amide bonds. The second-order valence-electron chi connectivity index (χ2n) is 4.20. The lowest BCUT2D eigenvalue weighted by molar-refractivity contribution is 0.0640. The number of hydrogen-bond donors (Lipinski definition) is 1. The predicted molar refractivity (Wildman–Crippen MR) is 74.3 cm³/mol. The number of alkyl halides is 2. The van der Waals surface area contributed by atoms with E-state index in [-0.39, 0.29) is 16.1 Å². The fourth-order valence-electron chi connectivity index (χ4n) is 1.98. The van der Waals surface area contributed by atoms with Crippen LogP contribution < -0.4 is 5.69 Å². The van der Waals surface area contributed by atoms with Crippen molar-refractivity contribution in [1.29, 1.82) is 0 Å². The maximum Gasteiger partial charge on any atom is 0.355 e. The number of aromatic nitrogens is 4. The molecule has 2 aromatic heterocycles. The first-order chi connectivity index (χ1) is 9.88. The van der Waals surface area contributed by atoms with Gasteiger partial charge in [-0.25, -0.2) is 13.8 Å². The van der Waals surface area contributed by atoms with E-state index in [1.807, 2.05) is 0 Å². The maximum absolute atomic E-state index is 14.1. The minimum atomic E-state index is -3.04. The van der Waals surface area contributed by atoms with Gasteiger partial charge in [0.25, 0.3) is 0 Å². The number of halogens is 3. The molecule has 0 spiro atoms. The van der Waals surface area contributed by atoms with Crippen molar-refractivity contribution in [1.82, 2.24) is 19.3 Å². The molecule has 0 fully saturated rings. The molecule has 0 unspecified atom stereocenters. The number of hydrogen-bond acceptors (Lipinski definition) is 4. The number of H-pyrrole nitrogens is 1. The highest BCUT2D eigenvalue weighted by atomic mass is 32.1. The summed E-state index contributed by atoms with van der Waals surface area (Å²) < 4.78 is 41.5. The monoisotopic (exact) mass is 332 g/mol. The van der Waals surface area contributed by atoms with Gasteiger partial charge in [0, 0.05) is 0 Å². The Morgan fingerprint density at radius 1 is 1.43 bits per heavy atom. The normalized spacial score (nSPS) is 11.7. The van der Waals surface area contributed by atoms with Crippen LogP contribution in [-0.4, -0.2) is 19.3 Å². The first kappa shape index (κ1) is 14.0. The molecule has 2 heterocycles. The number of thiazole rings is 1. The van der Waals surface area contributed by atoms with E-state index in [4.69, 9.17) is 12.2 Å². The first-order valence-corrected chi connectivity index (χ1v) is 6.90. The van der Waals surface area contributed by atoms with Crippen LogP contribution in [0.3, 0.4) is 0 Å². The van der Waals surface area contributed by atoms with Crippen molar-refractivity contribution in [2.45, 2.75) is 13.5 Å². The van der Waals surface area contributed by atoms with E-state index in [9.17, 15) is 18.0 Å². The summed E-state index contributed by atoms with van der Waals surface area (Å²) in [5.41, 5.74) is -0.800. The van der Waals surface area contributed by atoms with E-state index in [0.717, 1.165) is 0 Å². The zero-order chi connectivity index (χ0) is 15.3. The molecular weight excluding hydrogens is 325 g/mol. The quantitative estimate of drug-likeness (QED) is 0.734. The van der Waals surface area contributed by atoms with Crippen LogP contribution in [0.15, 0.2) is 16.9 Å². The second-order valence-corrected chi connectivity index (χ2v) is 5.92. The van der Waals surface area contributed by atoms with Gasteiger partial charge in [0.2, 0.25) is 0 Å². The van der Waals surface area contributed by atoms with Crippen molar-refractivity contribution in [3.8, 4) is 5.69 Å². The summed E-state index contributed by atoms with van der Waals surface area (Å²) >= 11 is 6.13. The highest BCUT2D eigenvalue weighted by Crippen LogP contribution is 2.24. The molecule has 0 aliphatic carbocycles. The molecule has 1 aromatic carbocycles. The Bertz CT molecular complexity index is 953. The molecule has 1 N–H and O–H groups in total. The zero-order valence-electron chi connectivity index (χ0n) is 10.4. The number of benzene rings is 1. The van der Waals surface area contributed by atoms with Crippen molar-refractivity contribution >= 4 is 33.8 Å². The lowest BCUT2D eigenvalue weighted by Gasteiger charge is -2.02. The molecular formula is C11H7F3N4OS2. The van der Waals surface area contributed by atoms with Crippen molar-refractivity contribution in [3.05, 3.63) is 38.2 Å². The molecule has 0 radical (unpaired) electrons. The third-order valence-corrected chi connectivity index (χ3v) is 4.09. The van der Waals surface area contributed by atoms with Crippen molar-refractivity contribution in [2.24, 2.45) is 0 Å². The molecule has 21 heavy (non-hydrogen) atoms. The Hall–Kier alpha value is -1.94. The van der Waals surface area contributed by atoms with Gasteiger partial charge in [0.05, 0.1) is 10.2 Å². The minimum Gasteiger partial charge on any atom is -0.337 e. The van der Waals surface area contributed by atoms with Crippen LogP contribution in [-0.2, 0) is 0 Å². The summed E-state index contributed by atoms with van der Waals surface area (Å²) in [6.07, 6.45) is 0. The first-order valence-electron chi connectivity index (χ1n) is 5.67. The van der Waals surface area contributed by atoms with Crippen LogP contribution in [0.4, 0.5) is 13.2 Å². The molecule has 10 heteroatoms. The fourth-order valence-corrected chi connectivity index (χ4v) is 3.10. The van der Waals surface area contributed by atoms with Gasteiger partial charge >= 0.3 is 12.2 Å². The molecule has 0 saturated carbocycles. The topological polar surface area (TPSA) is 55.6 Å². The Labute approximate surface area is 124 Å². The van der Waals surface area contributed by atoms with Crippen LogP contribution >= 0.6 is 23.6 Å². The Kier molecular flexibility index (Phi) is 3.21. The summed E-state index contributed by atoms with van der Waals surface area (Å²) in [4.78, 5) is 14.7. The minimum absolute atomic E-state index is 0.194. The van der Waals surface area contributed by atoms with Crippen molar-refractivity contribution in [2.75, 3.05) is 0 Å². The summed E-state index contributed by atoms with van der Waals surface area (Å²) in [6, 6.07) is 2.51. The summed E-state index contributed by atoms with van der Waals surface area (Å²) in [5, 5.41) is 3.69. The third-order valence-electron chi connectivity index (χ3n) is 2.89. The van der Waals surface area contributed by atoms with Crippen LogP contribution in [0.1, 0.15) is 12.4 Å². The molecule has 3 aromatic rings. The number of rotatable bonds is 2. The van der Waals surface area contributed by atoms with Crippen LogP contribution in [0, 0.1) is 16.7 Å². The Balaban J connectivity index is 2.30. The summed E-state index contributed by atoms with van der Waals surface area (Å²) in [7, 11) is 0. The maximum atomic E-state index is 14.1. The fraction of sp³-hybridized carbons (Fsp3) is 0.182. The highest BCUT2D eigenvalue weighted by molar-refractivity contribution is 7.73. The number of nitrogens with zero attached hydrogens (tertiary/aromatic N) is 3. The van der Waals surface area contributed by atoms with Gasteiger partial charge in [-0.3, -0.25) is 0 Å². The van der Waals surface area contributed by atoms with Gasteiger partial charge in [0.1, 0.15) is 11.5 Å². The molecule has 3 rings (SSSR count). The van der Waals surface area contributed by atoms with Gasteiger partial charge in [-0.15, -0.1) is 16.4 Å². The number of fused-ring (bicyclic) bond motifs is 1. The van der Waals surface area contributed by atoms with E-state index in [1.165, 1.54) is 30.4 Å². The lowest BCUT2D eigenvalue weighted by atomic mass is 10.3. The lowest BCUT2D eigenvalue weighted by Crippen LogP contribution is -2.25. The van der Waals surface area contributed by atoms with E-state index >= 15 is 0 Å². The summed E-state index contributed by atoms with van der Waals surface area (Å²) in [5.74, 6) is -0.943. The average Bonchev–Trinajstić information content (AvgIpc) is 2.87. The summed E-state index contributed by atoms with van der Waals surface area (Å²) in [6.45, 7) is -1.79. The molecule has 0 aliphatic rings. The molecule has 110 valence electrons. The van der Waals surface area contributed by atoms with Gasteiger partial charge < -0.3 is 4.98 Å². The average molecular weight is 332 g/mol. The van der Waals surface area contributed by atoms with Crippen molar-refractivity contribution in [3.63, 3.8) is 0 Å². The smallest absolute Gasteiger partial charge is 0.337 e. The number of nitrogens with one attached hydrogen (secondary N) is 1. The van der Waals surface area contributed by atoms with Gasteiger partial charge in [-0.2, -0.15) is 13.5 Å². The van der Waals surface area contributed by atoms with Crippen LogP contribution in [0.2, 0.25) is 0 Å². The van der Waals surface area contributed by atoms with E-state index in [1.54, 1.807) is 0 Å². The molecule has 0 bridgehead atoms. The molecule has 0 saturated heterocycles. The largest absolute Gasteiger partial charge is 0.355 e. The standard InChI is InChI=1S/C11H7F3N4OS2/c1-4-16-18(11(19)17(4)9(13)14)7-3-6-8(2-5(7)12)21-10(20)15-6/h2-3,9H,1H3,(H,15,20). The zero-order valence-corrected chi connectivity index (χ0v) is 12.1. The SMILES string of the molecule is Cc1nn(-c2cc3[nH]c(=S)sc3cc2F)c(=O)n1C(F)F. The Morgan fingerprint density at radius 3 is 2.76 bits per heavy atom.